The number of carbonyl (C=O) groups excluding carboxylic acids is 1. The summed E-state index contributed by atoms with van der Waals surface area (Å²) < 4.78 is 1.83. The van der Waals surface area contributed by atoms with Crippen LogP contribution < -0.4 is 0 Å². The van der Waals surface area contributed by atoms with Crippen molar-refractivity contribution in [2.45, 2.75) is 13.8 Å². The predicted molar refractivity (Wildman–Crippen MR) is 66.0 cm³/mol. The molecule has 2 aromatic rings. The van der Waals surface area contributed by atoms with E-state index >= 15 is 0 Å². The van der Waals surface area contributed by atoms with Gasteiger partial charge in [0, 0.05) is 26.0 Å². The molecule has 0 aromatic carbocycles. The van der Waals surface area contributed by atoms with Crippen molar-refractivity contribution in [1.82, 2.24) is 14.7 Å². The highest BCUT2D eigenvalue weighted by atomic mass is 32.1. The van der Waals surface area contributed by atoms with Crippen molar-refractivity contribution in [2.75, 3.05) is 13.6 Å². The molecule has 0 aliphatic rings. The summed E-state index contributed by atoms with van der Waals surface area (Å²) in [5.41, 5.74) is 0.979. The molecule has 0 radical (unpaired) electrons. The fourth-order valence-corrected chi connectivity index (χ4v) is 2.76. The number of fused-ring (bicyclic) bond motifs is 1. The van der Waals surface area contributed by atoms with Gasteiger partial charge in [-0.05, 0) is 19.9 Å². The zero-order valence-electron chi connectivity index (χ0n) is 9.94. The fourth-order valence-electron chi connectivity index (χ4n) is 1.64. The number of aryl methyl sites for hydroxylation is 2. The Kier molecular flexibility index (Phi) is 2.71. The lowest BCUT2D eigenvalue weighted by Crippen LogP contribution is -2.25. The molecule has 0 spiro atoms. The Labute approximate surface area is 98.5 Å². The summed E-state index contributed by atoms with van der Waals surface area (Å²) in [6.07, 6.45) is 0. The Morgan fingerprint density at radius 3 is 2.88 bits per heavy atom. The first-order valence-electron chi connectivity index (χ1n) is 5.23. The molecule has 0 aliphatic heterocycles. The van der Waals surface area contributed by atoms with Crippen LogP contribution in [0.2, 0.25) is 0 Å². The Hall–Kier alpha value is -1.36. The van der Waals surface area contributed by atoms with E-state index in [4.69, 9.17) is 0 Å². The number of thiophene rings is 1. The molecule has 0 atom stereocenters. The molecule has 86 valence electrons. The van der Waals surface area contributed by atoms with Crippen molar-refractivity contribution in [2.24, 2.45) is 7.05 Å². The number of amides is 1. The summed E-state index contributed by atoms with van der Waals surface area (Å²) in [6.45, 7) is 4.66. The number of nitrogens with zero attached hydrogens (tertiary/aromatic N) is 3. The molecule has 2 heterocycles. The molecule has 0 fully saturated rings. The third-order valence-electron chi connectivity index (χ3n) is 2.73. The molecular formula is C11H15N3OS. The van der Waals surface area contributed by atoms with Crippen molar-refractivity contribution in [3.05, 3.63) is 16.6 Å². The number of carbonyl (C=O) groups is 1. The van der Waals surface area contributed by atoms with Gasteiger partial charge in [-0.25, -0.2) is 0 Å². The van der Waals surface area contributed by atoms with Gasteiger partial charge < -0.3 is 4.90 Å². The first kappa shape index (κ1) is 11.1. The van der Waals surface area contributed by atoms with E-state index in [1.165, 1.54) is 11.3 Å². The fraction of sp³-hybridized carbons (Fsp3) is 0.455. The average Bonchev–Trinajstić information content (AvgIpc) is 2.80. The van der Waals surface area contributed by atoms with Gasteiger partial charge in [-0.3, -0.25) is 9.48 Å². The Morgan fingerprint density at radius 1 is 1.62 bits per heavy atom. The van der Waals surface area contributed by atoms with E-state index in [2.05, 4.69) is 5.10 Å². The lowest BCUT2D eigenvalue weighted by Gasteiger charge is -2.12. The molecule has 2 aromatic heterocycles. The van der Waals surface area contributed by atoms with Gasteiger partial charge in [-0.1, -0.05) is 0 Å². The summed E-state index contributed by atoms with van der Waals surface area (Å²) in [7, 11) is 3.72. The van der Waals surface area contributed by atoms with Crippen LogP contribution in [-0.4, -0.2) is 34.2 Å². The standard InChI is InChI=1S/C11H15N3OS/c1-5-13(3)10(15)9-6-8-7(2)12-14(4)11(8)16-9/h6H,5H2,1-4H3. The number of hydrogen-bond acceptors (Lipinski definition) is 3. The minimum atomic E-state index is 0.0862. The molecule has 4 nitrogen and oxygen atoms in total. The van der Waals surface area contributed by atoms with Crippen LogP contribution in [0.15, 0.2) is 6.07 Å². The summed E-state index contributed by atoms with van der Waals surface area (Å²) in [5, 5.41) is 5.40. The van der Waals surface area contributed by atoms with Gasteiger partial charge in [-0.2, -0.15) is 5.10 Å². The van der Waals surface area contributed by atoms with E-state index in [1.807, 2.05) is 38.7 Å². The first-order chi connectivity index (χ1) is 7.54. The van der Waals surface area contributed by atoms with Crippen molar-refractivity contribution in [1.29, 1.82) is 0 Å². The molecule has 2 rings (SSSR count). The van der Waals surface area contributed by atoms with Crippen molar-refractivity contribution < 1.29 is 4.79 Å². The molecule has 1 amide bonds. The van der Waals surface area contributed by atoms with Gasteiger partial charge in [0.1, 0.15) is 4.83 Å². The second kappa shape index (κ2) is 3.90. The first-order valence-corrected chi connectivity index (χ1v) is 6.04. The van der Waals surface area contributed by atoms with E-state index in [-0.39, 0.29) is 5.91 Å². The third kappa shape index (κ3) is 1.61. The second-order valence-electron chi connectivity index (χ2n) is 3.86. The topological polar surface area (TPSA) is 38.1 Å². The van der Waals surface area contributed by atoms with Crippen molar-refractivity contribution >= 4 is 27.5 Å². The van der Waals surface area contributed by atoms with Crippen LogP contribution in [0.25, 0.3) is 10.2 Å². The summed E-state index contributed by atoms with van der Waals surface area (Å²) in [6, 6.07) is 1.94. The van der Waals surface area contributed by atoms with Crippen molar-refractivity contribution in [3.63, 3.8) is 0 Å². The highest BCUT2D eigenvalue weighted by Crippen LogP contribution is 2.28. The van der Waals surface area contributed by atoms with Crippen LogP contribution in [-0.2, 0) is 7.05 Å². The zero-order chi connectivity index (χ0) is 11.9. The summed E-state index contributed by atoms with van der Waals surface area (Å²) >= 11 is 1.51. The van der Waals surface area contributed by atoms with Crippen LogP contribution in [0.1, 0.15) is 22.3 Å². The monoisotopic (exact) mass is 237 g/mol. The zero-order valence-corrected chi connectivity index (χ0v) is 10.8. The molecule has 0 saturated carbocycles. The normalized spacial score (nSPS) is 11.0. The maximum Gasteiger partial charge on any atom is 0.263 e. The quantitative estimate of drug-likeness (QED) is 0.801. The molecule has 5 heteroatoms. The maximum atomic E-state index is 12.0. The number of hydrogen-bond donors (Lipinski definition) is 0. The minimum absolute atomic E-state index is 0.0862. The van der Waals surface area contributed by atoms with Gasteiger partial charge >= 0.3 is 0 Å². The molecular weight excluding hydrogens is 222 g/mol. The third-order valence-corrected chi connectivity index (χ3v) is 3.92. The van der Waals surface area contributed by atoms with Gasteiger partial charge in [0.2, 0.25) is 0 Å². The number of rotatable bonds is 2. The SMILES string of the molecule is CCN(C)C(=O)c1cc2c(C)nn(C)c2s1. The van der Waals surface area contributed by atoms with Crippen LogP contribution in [0.3, 0.4) is 0 Å². The smallest absolute Gasteiger partial charge is 0.263 e. The Balaban J connectivity index is 2.48. The van der Waals surface area contributed by atoms with Gasteiger partial charge in [0.15, 0.2) is 0 Å². The molecule has 0 aliphatic carbocycles. The Morgan fingerprint density at radius 2 is 2.31 bits per heavy atom. The minimum Gasteiger partial charge on any atom is -0.341 e. The van der Waals surface area contributed by atoms with Gasteiger partial charge in [0.05, 0.1) is 10.6 Å². The average molecular weight is 237 g/mol. The van der Waals surface area contributed by atoms with Crippen LogP contribution in [0, 0.1) is 6.92 Å². The van der Waals surface area contributed by atoms with Crippen LogP contribution in [0.5, 0.6) is 0 Å². The lowest BCUT2D eigenvalue weighted by atomic mass is 10.3. The molecule has 0 unspecified atom stereocenters. The molecule has 0 saturated heterocycles. The predicted octanol–water partition coefficient (Wildman–Crippen LogP) is 2.04. The highest BCUT2D eigenvalue weighted by molar-refractivity contribution is 7.20. The Bertz CT molecular complexity index is 506. The van der Waals surface area contributed by atoms with Gasteiger partial charge in [-0.15, -0.1) is 11.3 Å². The maximum absolute atomic E-state index is 12.0. The van der Waals surface area contributed by atoms with Gasteiger partial charge in [0.25, 0.3) is 5.91 Å². The summed E-state index contributed by atoms with van der Waals surface area (Å²) in [5.74, 6) is 0.0862. The van der Waals surface area contributed by atoms with Crippen LogP contribution in [0.4, 0.5) is 0 Å². The highest BCUT2D eigenvalue weighted by Gasteiger charge is 2.16. The van der Waals surface area contributed by atoms with E-state index in [0.29, 0.717) is 0 Å². The van der Waals surface area contributed by atoms with E-state index in [0.717, 1.165) is 27.3 Å². The molecule has 0 N–H and O–H groups in total. The molecule has 0 bridgehead atoms. The van der Waals surface area contributed by atoms with E-state index in [9.17, 15) is 4.79 Å². The van der Waals surface area contributed by atoms with E-state index in [1.54, 1.807) is 4.90 Å². The van der Waals surface area contributed by atoms with E-state index < -0.39 is 0 Å². The second-order valence-corrected chi connectivity index (χ2v) is 4.89. The number of aromatic nitrogens is 2. The summed E-state index contributed by atoms with van der Waals surface area (Å²) in [4.78, 5) is 15.5. The molecule has 16 heavy (non-hydrogen) atoms. The largest absolute Gasteiger partial charge is 0.341 e. The lowest BCUT2D eigenvalue weighted by molar-refractivity contribution is 0.0807. The van der Waals surface area contributed by atoms with Crippen molar-refractivity contribution in [3.8, 4) is 0 Å². The van der Waals surface area contributed by atoms with Crippen LogP contribution >= 0.6 is 11.3 Å².